The molecule has 0 aliphatic heterocycles. The van der Waals surface area contributed by atoms with Crippen molar-refractivity contribution >= 4 is 26.6 Å². The Hall–Kier alpha value is -2.04. The zero-order valence-corrected chi connectivity index (χ0v) is 14.5. The molecule has 0 heterocycles. The summed E-state index contributed by atoms with van der Waals surface area (Å²) in [7, 11) is 0. The molecule has 0 radical (unpaired) electrons. The third-order valence-corrected chi connectivity index (χ3v) is 13.1. The van der Waals surface area contributed by atoms with Crippen molar-refractivity contribution in [1.29, 1.82) is 0 Å². The van der Waals surface area contributed by atoms with Crippen LogP contribution in [0, 0.1) is 0 Å². The summed E-state index contributed by atoms with van der Waals surface area (Å²) in [6.45, 7) is 4.07. The average Bonchev–Trinajstić information content (AvgIpc) is 2.62. The maximum atomic E-state index is 4.07. The molecule has 108 valence electrons. The number of benzene rings is 3. The summed E-state index contributed by atoms with van der Waals surface area (Å²) in [5.74, 6) is 0. The van der Waals surface area contributed by atoms with E-state index in [-0.39, 0.29) is 0 Å². The molecule has 3 aromatic rings. The van der Waals surface area contributed by atoms with Gasteiger partial charge >= 0.3 is 135 Å². The molecule has 0 nitrogen and oxygen atoms in total. The monoisotopic (exact) mass is 347 g/mol. The topological polar surface area (TPSA) is 0 Å². The number of rotatable bonds is 5. The van der Waals surface area contributed by atoms with E-state index >= 15 is 0 Å². The van der Waals surface area contributed by atoms with Crippen LogP contribution in [0.5, 0.6) is 0 Å². The third-order valence-electron chi connectivity index (χ3n) is 3.99. The Morgan fingerprint density at radius 2 is 0.909 bits per heavy atom. The average molecular weight is 347 g/mol. The Kier molecular flexibility index (Phi) is 4.61. The second-order valence-electron chi connectivity index (χ2n) is 5.29. The van der Waals surface area contributed by atoms with Crippen LogP contribution >= 0.6 is 0 Å². The van der Waals surface area contributed by atoms with Crippen LogP contribution in [-0.4, -0.2) is 13.6 Å². The quantitative estimate of drug-likeness (QED) is 0.491. The summed E-state index contributed by atoms with van der Waals surface area (Å²) < 4.78 is 4.41. The minimum atomic E-state index is -2.48. The molecule has 0 unspecified atom stereocenters. The van der Waals surface area contributed by atoms with E-state index in [1.165, 1.54) is 13.1 Å². The maximum absolute atomic E-state index is 4.07. The van der Waals surface area contributed by atoms with Gasteiger partial charge in [0.15, 0.2) is 0 Å². The molecule has 0 bridgehead atoms. The second kappa shape index (κ2) is 6.81. The zero-order valence-electron chi connectivity index (χ0n) is 12.6. The molecule has 0 aliphatic rings. The van der Waals surface area contributed by atoms with Gasteiger partial charge in [0.2, 0.25) is 0 Å². The van der Waals surface area contributed by atoms with E-state index in [1.54, 1.807) is 0 Å². The first-order valence-corrected chi connectivity index (χ1v) is 11.7. The molecular weight excluding hydrogens is 327 g/mol. The summed E-state index contributed by atoms with van der Waals surface area (Å²) >= 11 is -2.48. The third kappa shape index (κ3) is 2.67. The van der Waals surface area contributed by atoms with Crippen LogP contribution in [0.15, 0.2) is 104 Å². The molecule has 0 aromatic heterocycles. The van der Waals surface area contributed by atoms with Gasteiger partial charge < -0.3 is 0 Å². The van der Waals surface area contributed by atoms with E-state index < -0.39 is 13.6 Å². The molecule has 3 aromatic carbocycles. The number of hydrogen-bond donors (Lipinski definition) is 0. The van der Waals surface area contributed by atoms with Gasteiger partial charge in [0.05, 0.1) is 0 Å². The predicted octanol–water partition coefficient (Wildman–Crippen LogP) is 3.34. The van der Waals surface area contributed by atoms with Crippen LogP contribution in [0.1, 0.15) is 0 Å². The molecular formula is C21H20As+. The van der Waals surface area contributed by atoms with Crippen molar-refractivity contribution < 1.29 is 0 Å². The molecule has 22 heavy (non-hydrogen) atoms. The predicted molar refractivity (Wildman–Crippen MR) is 99.0 cm³/mol. The number of allylic oxidation sites excluding steroid dienone is 1. The van der Waals surface area contributed by atoms with Crippen molar-refractivity contribution in [3.05, 3.63) is 104 Å². The molecule has 1 heteroatoms. The van der Waals surface area contributed by atoms with Crippen LogP contribution in [0.25, 0.3) is 0 Å². The Morgan fingerprint density at radius 1 is 0.591 bits per heavy atom. The van der Waals surface area contributed by atoms with Gasteiger partial charge in [0, 0.05) is 0 Å². The van der Waals surface area contributed by atoms with E-state index in [4.69, 9.17) is 0 Å². The van der Waals surface area contributed by atoms with Gasteiger partial charge in [-0.15, -0.1) is 0 Å². The Balaban J connectivity index is 2.31. The van der Waals surface area contributed by atoms with Crippen molar-refractivity contribution in [3.63, 3.8) is 0 Å². The molecule has 3 rings (SSSR count). The van der Waals surface area contributed by atoms with Crippen LogP contribution in [0.4, 0.5) is 0 Å². The molecule has 0 saturated heterocycles. The van der Waals surface area contributed by atoms with Gasteiger partial charge in [-0.1, -0.05) is 0 Å². The molecule has 0 saturated carbocycles. The second-order valence-corrected chi connectivity index (χ2v) is 12.7. The van der Waals surface area contributed by atoms with Crippen molar-refractivity contribution in [2.45, 2.75) is 5.21 Å². The van der Waals surface area contributed by atoms with E-state index in [2.05, 4.69) is 104 Å². The first-order valence-electron chi connectivity index (χ1n) is 7.54. The van der Waals surface area contributed by atoms with Gasteiger partial charge in [-0.25, -0.2) is 0 Å². The van der Waals surface area contributed by atoms with E-state index in [0.29, 0.717) is 0 Å². The molecule has 0 fully saturated rings. The fraction of sp³-hybridized carbons (Fsp3) is 0.0476. The van der Waals surface area contributed by atoms with Crippen molar-refractivity contribution in [2.75, 3.05) is 0 Å². The first-order chi connectivity index (χ1) is 10.9. The van der Waals surface area contributed by atoms with Gasteiger partial charge in [-0.05, 0) is 0 Å². The van der Waals surface area contributed by atoms with Crippen LogP contribution in [-0.2, 0) is 0 Å². The summed E-state index contributed by atoms with van der Waals surface area (Å²) in [6.07, 6.45) is 2.10. The summed E-state index contributed by atoms with van der Waals surface area (Å²) in [6, 6.07) is 32.9. The standard InChI is InChI=1S/C21H20As/c1-2-18-22(19-12-6-3-7-13-19,20-14-8-4-9-15-20)21-16-10-5-11-17-21/h2-17H,1,18H2/q+1. The van der Waals surface area contributed by atoms with Gasteiger partial charge in [0.25, 0.3) is 0 Å². The first kappa shape index (κ1) is 14.9. The minimum absolute atomic E-state index is 1.04. The number of hydrogen-bond acceptors (Lipinski definition) is 0. The fourth-order valence-corrected chi connectivity index (χ4v) is 11.3. The van der Waals surface area contributed by atoms with Gasteiger partial charge in [0.1, 0.15) is 0 Å². The molecule has 0 atom stereocenters. The van der Waals surface area contributed by atoms with Crippen molar-refractivity contribution in [1.82, 2.24) is 0 Å². The van der Waals surface area contributed by atoms with E-state index in [9.17, 15) is 0 Å². The summed E-state index contributed by atoms with van der Waals surface area (Å²) in [4.78, 5) is 0. The normalized spacial score (nSPS) is 11.1. The SMILES string of the molecule is C=CC[As+](c1ccccc1)(c1ccccc1)c1ccccc1. The van der Waals surface area contributed by atoms with E-state index in [1.807, 2.05) is 0 Å². The van der Waals surface area contributed by atoms with Gasteiger partial charge in [-0.2, -0.15) is 0 Å². The van der Waals surface area contributed by atoms with Crippen molar-refractivity contribution in [3.8, 4) is 0 Å². The summed E-state index contributed by atoms with van der Waals surface area (Å²) in [5.41, 5.74) is 0. The van der Waals surface area contributed by atoms with Crippen molar-refractivity contribution in [2.24, 2.45) is 0 Å². The zero-order chi connectivity index (χ0) is 15.3. The molecule has 0 N–H and O–H groups in total. The Labute approximate surface area is 135 Å². The Bertz CT molecular complexity index is 621. The van der Waals surface area contributed by atoms with Crippen LogP contribution in [0.3, 0.4) is 0 Å². The summed E-state index contributed by atoms with van der Waals surface area (Å²) in [5, 5.41) is 1.04. The molecule has 0 amide bonds. The van der Waals surface area contributed by atoms with Crippen LogP contribution in [0.2, 0.25) is 5.21 Å². The fourth-order valence-electron chi connectivity index (χ4n) is 3.00. The van der Waals surface area contributed by atoms with Crippen LogP contribution < -0.4 is 13.1 Å². The van der Waals surface area contributed by atoms with Gasteiger partial charge in [-0.3, -0.25) is 0 Å². The Morgan fingerprint density at radius 3 is 1.18 bits per heavy atom. The molecule has 0 aliphatic carbocycles. The molecule has 0 spiro atoms. The van der Waals surface area contributed by atoms with E-state index in [0.717, 1.165) is 5.21 Å².